The Morgan fingerprint density at radius 2 is 1.43 bits per heavy atom. The van der Waals surface area contributed by atoms with E-state index in [1.807, 2.05) is 51.1 Å². The number of benzene rings is 3. The van der Waals surface area contributed by atoms with Crippen molar-refractivity contribution < 1.29 is 19.1 Å². The van der Waals surface area contributed by atoms with Crippen molar-refractivity contribution in [3.05, 3.63) is 90.0 Å². The first kappa shape index (κ1) is 25.7. The zero-order chi connectivity index (χ0) is 25.3. The summed E-state index contributed by atoms with van der Waals surface area (Å²) < 4.78 is 11.4. The lowest BCUT2D eigenvalue weighted by Gasteiger charge is -2.20. The number of rotatable bonds is 8. The Morgan fingerprint density at radius 3 is 2.11 bits per heavy atom. The molecule has 0 bridgehead atoms. The van der Waals surface area contributed by atoms with Gasteiger partial charge >= 0.3 is 0 Å². The second-order valence-corrected chi connectivity index (χ2v) is 9.10. The zero-order valence-electron chi connectivity index (χ0n) is 20.0. The Labute approximate surface area is 210 Å². The topological polar surface area (TPSA) is 88.7 Å². The third-order valence-electron chi connectivity index (χ3n) is 4.61. The Bertz CT molecular complexity index is 1160. The molecule has 0 unspecified atom stereocenters. The minimum Gasteiger partial charge on any atom is -0.490 e. The van der Waals surface area contributed by atoms with E-state index >= 15 is 0 Å². The molecule has 3 aromatic carbocycles. The molecule has 0 aromatic heterocycles. The van der Waals surface area contributed by atoms with Crippen molar-refractivity contribution in [3.63, 3.8) is 0 Å². The molecule has 0 spiro atoms. The lowest BCUT2D eigenvalue weighted by atomic mass is 10.1. The molecule has 0 saturated heterocycles. The molecule has 2 amide bonds. The average molecular weight is 492 g/mol. The second-order valence-electron chi connectivity index (χ2n) is 8.70. The molecule has 0 heterocycles. The minimum atomic E-state index is -0.400. The average Bonchev–Trinajstić information content (AvgIpc) is 2.82. The van der Waals surface area contributed by atoms with Gasteiger partial charge < -0.3 is 20.1 Å². The summed E-state index contributed by atoms with van der Waals surface area (Å²) in [4.78, 5) is 25.1. The standard InChI is InChI=1S/C27H29N3O4S/c1-27(2,3)30-24(31)19-13-15-20(16-14-19)28-26(35)29-25(32)22-11-7-8-12-23(22)34-18-17-33-21-9-5-4-6-10-21/h4-16H,17-18H2,1-3H3,(H,30,31)(H2,28,29,32,35). The highest BCUT2D eigenvalue weighted by molar-refractivity contribution is 7.80. The quantitative estimate of drug-likeness (QED) is 0.310. The molecule has 3 N–H and O–H groups in total. The molecule has 8 heteroatoms. The highest BCUT2D eigenvalue weighted by Crippen LogP contribution is 2.18. The van der Waals surface area contributed by atoms with Crippen molar-refractivity contribution in [1.29, 1.82) is 0 Å². The summed E-state index contributed by atoms with van der Waals surface area (Å²) in [6, 6.07) is 23.2. The maximum Gasteiger partial charge on any atom is 0.261 e. The van der Waals surface area contributed by atoms with Gasteiger partial charge in [-0.15, -0.1) is 0 Å². The number of amides is 2. The predicted molar refractivity (Wildman–Crippen MR) is 141 cm³/mol. The number of hydrogen-bond acceptors (Lipinski definition) is 5. The number of carbonyl (C=O) groups is 2. The van der Waals surface area contributed by atoms with Crippen LogP contribution in [-0.4, -0.2) is 35.7 Å². The van der Waals surface area contributed by atoms with Gasteiger partial charge in [0.1, 0.15) is 24.7 Å². The van der Waals surface area contributed by atoms with Gasteiger partial charge in [-0.3, -0.25) is 14.9 Å². The van der Waals surface area contributed by atoms with Crippen LogP contribution in [0.2, 0.25) is 0 Å². The van der Waals surface area contributed by atoms with Crippen LogP contribution >= 0.6 is 12.2 Å². The number of nitrogens with one attached hydrogen (secondary N) is 3. The van der Waals surface area contributed by atoms with Crippen LogP contribution < -0.4 is 25.4 Å². The van der Waals surface area contributed by atoms with Crippen molar-refractivity contribution in [2.75, 3.05) is 18.5 Å². The molecular weight excluding hydrogens is 462 g/mol. The summed E-state index contributed by atoms with van der Waals surface area (Å²) in [5, 5.41) is 8.65. The SMILES string of the molecule is CC(C)(C)NC(=O)c1ccc(NC(=S)NC(=O)c2ccccc2OCCOc2ccccc2)cc1. The molecule has 3 aromatic rings. The van der Waals surface area contributed by atoms with Gasteiger partial charge in [0.25, 0.3) is 11.8 Å². The van der Waals surface area contributed by atoms with E-state index < -0.39 is 5.91 Å². The summed E-state index contributed by atoms with van der Waals surface area (Å²) >= 11 is 5.29. The minimum absolute atomic E-state index is 0.129. The molecule has 3 rings (SSSR count). The summed E-state index contributed by atoms with van der Waals surface area (Å²) in [7, 11) is 0. The number of thiocarbonyl (C=S) groups is 1. The normalized spacial score (nSPS) is 10.7. The lowest BCUT2D eigenvalue weighted by molar-refractivity contribution is 0.0918. The van der Waals surface area contributed by atoms with Gasteiger partial charge in [0.2, 0.25) is 0 Å². The molecule has 0 fully saturated rings. The first-order valence-corrected chi connectivity index (χ1v) is 11.6. The monoisotopic (exact) mass is 491 g/mol. The van der Waals surface area contributed by atoms with Gasteiger partial charge in [-0.25, -0.2) is 0 Å². The van der Waals surface area contributed by atoms with Gasteiger partial charge in [0.05, 0.1) is 5.56 Å². The van der Waals surface area contributed by atoms with E-state index in [0.29, 0.717) is 29.2 Å². The summed E-state index contributed by atoms with van der Waals surface area (Å²) in [5.41, 5.74) is 1.20. The van der Waals surface area contributed by atoms with Crippen LogP contribution in [0.1, 0.15) is 41.5 Å². The molecule has 0 radical (unpaired) electrons. The molecule has 0 aliphatic heterocycles. The Balaban J connectivity index is 1.52. The van der Waals surface area contributed by atoms with Crippen molar-refractivity contribution in [2.24, 2.45) is 0 Å². The maximum atomic E-state index is 12.8. The molecule has 0 atom stereocenters. The van der Waals surface area contributed by atoms with Crippen molar-refractivity contribution in [2.45, 2.75) is 26.3 Å². The van der Waals surface area contributed by atoms with Crippen LogP contribution in [0.3, 0.4) is 0 Å². The van der Waals surface area contributed by atoms with Crippen LogP contribution in [0.4, 0.5) is 5.69 Å². The second kappa shape index (κ2) is 12.0. The number of hydrogen-bond donors (Lipinski definition) is 3. The number of ether oxygens (including phenoxy) is 2. The van der Waals surface area contributed by atoms with E-state index in [0.717, 1.165) is 5.75 Å². The molecule has 35 heavy (non-hydrogen) atoms. The van der Waals surface area contributed by atoms with Gasteiger partial charge in [0.15, 0.2) is 5.11 Å². The number of carbonyl (C=O) groups excluding carboxylic acids is 2. The molecule has 0 aliphatic rings. The Hall–Kier alpha value is -3.91. The van der Waals surface area contributed by atoms with E-state index in [1.165, 1.54) is 0 Å². The Morgan fingerprint density at radius 1 is 0.800 bits per heavy atom. The third-order valence-corrected chi connectivity index (χ3v) is 4.81. The van der Waals surface area contributed by atoms with Crippen LogP contribution in [0.15, 0.2) is 78.9 Å². The van der Waals surface area contributed by atoms with E-state index in [9.17, 15) is 9.59 Å². The van der Waals surface area contributed by atoms with E-state index in [1.54, 1.807) is 48.5 Å². The van der Waals surface area contributed by atoms with Crippen molar-refractivity contribution in [3.8, 4) is 11.5 Å². The number of para-hydroxylation sites is 2. The van der Waals surface area contributed by atoms with Gasteiger partial charge in [0, 0.05) is 16.8 Å². The van der Waals surface area contributed by atoms with Crippen molar-refractivity contribution in [1.82, 2.24) is 10.6 Å². The fourth-order valence-electron chi connectivity index (χ4n) is 3.06. The summed E-state index contributed by atoms with van der Waals surface area (Å²) in [6.45, 7) is 6.37. The van der Waals surface area contributed by atoms with Crippen LogP contribution in [0.5, 0.6) is 11.5 Å². The third kappa shape index (κ3) is 8.42. The molecule has 0 saturated carbocycles. The largest absolute Gasteiger partial charge is 0.490 e. The summed E-state index contributed by atoms with van der Waals surface area (Å²) in [6.07, 6.45) is 0. The van der Waals surface area contributed by atoms with Crippen LogP contribution in [0, 0.1) is 0 Å². The van der Waals surface area contributed by atoms with Crippen LogP contribution in [-0.2, 0) is 0 Å². The molecule has 0 aliphatic carbocycles. The smallest absolute Gasteiger partial charge is 0.261 e. The fourth-order valence-corrected chi connectivity index (χ4v) is 3.27. The molecular formula is C27H29N3O4S. The zero-order valence-corrected chi connectivity index (χ0v) is 20.8. The summed E-state index contributed by atoms with van der Waals surface area (Å²) in [5.74, 6) is 0.619. The molecule has 7 nitrogen and oxygen atoms in total. The van der Waals surface area contributed by atoms with Gasteiger partial charge in [-0.1, -0.05) is 30.3 Å². The van der Waals surface area contributed by atoms with Crippen molar-refractivity contribution >= 4 is 34.8 Å². The highest BCUT2D eigenvalue weighted by Gasteiger charge is 2.16. The lowest BCUT2D eigenvalue weighted by Crippen LogP contribution is -2.40. The first-order valence-electron chi connectivity index (χ1n) is 11.2. The first-order chi connectivity index (χ1) is 16.7. The maximum absolute atomic E-state index is 12.8. The van der Waals surface area contributed by atoms with Gasteiger partial charge in [-0.2, -0.15) is 0 Å². The number of anilines is 1. The van der Waals surface area contributed by atoms with Crippen LogP contribution in [0.25, 0.3) is 0 Å². The Kier molecular flexibility index (Phi) is 8.80. The predicted octanol–water partition coefficient (Wildman–Crippen LogP) is 4.80. The van der Waals surface area contributed by atoms with E-state index in [-0.39, 0.29) is 23.2 Å². The highest BCUT2D eigenvalue weighted by atomic mass is 32.1. The van der Waals surface area contributed by atoms with E-state index in [2.05, 4.69) is 16.0 Å². The fraction of sp³-hybridized carbons (Fsp3) is 0.222. The van der Waals surface area contributed by atoms with E-state index in [4.69, 9.17) is 21.7 Å². The van der Waals surface area contributed by atoms with Gasteiger partial charge in [-0.05, 0) is 81.5 Å². The molecule has 182 valence electrons.